The second kappa shape index (κ2) is 13.6. The van der Waals surface area contributed by atoms with Gasteiger partial charge in [-0.2, -0.15) is 5.26 Å². The number of ether oxygens (including phenoxy) is 2. The van der Waals surface area contributed by atoms with Crippen LogP contribution in [0, 0.1) is 23.7 Å². The van der Waals surface area contributed by atoms with Crippen LogP contribution in [-0.2, 0) is 11.5 Å². The number of fused-ring (bicyclic) bond motifs is 1. The van der Waals surface area contributed by atoms with Gasteiger partial charge in [-0.3, -0.25) is 9.98 Å². The first kappa shape index (κ1) is 31.4. The first-order valence-corrected chi connectivity index (χ1v) is 17.0. The van der Waals surface area contributed by atoms with Crippen LogP contribution >= 0.6 is 10.0 Å². The number of aryl methyl sites for hydroxylation is 1. The number of aliphatic hydroxyl groups excluding tert-OH is 1. The van der Waals surface area contributed by atoms with Crippen molar-refractivity contribution in [3.63, 3.8) is 0 Å². The highest BCUT2D eigenvalue weighted by atomic mass is 32.3. The minimum atomic E-state index is -0.702. The first-order chi connectivity index (χ1) is 20.6. The maximum Gasteiger partial charge on any atom is 0.179 e. The Morgan fingerprint density at radius 2 is 1.86 bits per heavy atom. The number of aromatic nitrogens is 2. The Hall–Kier alpha value is -4.52. The third-order valence-corrected chi connectivity index (χ3v) is 8.28. The van der Waals surface area contributed by atoms with Crippen LogP contribution < -0.4 is 9.64 Å². The fraction of sp³-hybridized carbons (Fsp3) is 0.265. The Morgan fingerprint density at radius 3 is 2.53 bits per heavy atom. The van der Waals surface area contributed by atoms with Gasteiger partial charge in [-0.15, -0.1) is 0 Å². The number of anilines is 1. The van der Waals surface area contributed by atoms with Crippen LogP contribution in [0.4, 0.5) is 5.69 Å². The molecule has 4 aromatic rings. The first-order valence-electron chi connectivity index (χ1n) is 14.0. The lowest BCUT2D eigenvalue weighted by Gasteiger charge is -2.27. The highest BCUT2D eigenvalue weighted by Crippen LogP contribution is 2.34. The normalized spacial score (nSPS) is 12.4. The van der Waals surface area contributed by atoms with E-state index >= 15 is 0 Å². The van der Waals surface area contributed by atoms with Gasteiger partial charge in [-0.25, -0.2) is 15.0 Å². The summed E-state index contributed by atoms with van der Waals surface area (Å²) in [5.74, 6) is 2.42. The van der Waals surface area contributed by atoms with E-state index < -0.39 is 10.0 Å². The van der Waals surface area contributed by atoms with Gasteiger partial charge in [0.2, 0.25) is 0 Å². The average Bonchev–Trinajstić information content (AvgIpc) is 3.35. The standard InChI is InChI=1S/C34H39N5O3S/c1-7-28(32(40)34-37-29-14-9-10-15-31(29)39(34)23-41-18-19-43(4,5)6)33(36)38(8-2)30-17-16-27(20-24(30)3)42-26-13-11-12-25(21-26)22-35/h7,9-17,20-21,36,40H,1,8,18-19,23H2,2-6H3. The lowest BCUT2D eigenvalue weighted by Crippen LogP contribution is -2.32. The van der Waals surface area contributed by atoms with Crippen LogP contribution in [0.5, 0.6) is 11.5 Å². The van der Waals surface area contributed by atoms with E-state index in [1.54, 1.807) is 29.2 Å². The van der Waals surface area contributed by atoms with Crippen LogP contribution in [0.1, 0.15) is 23.9 Å². The number of aliphatic hydroxyl groups is 1. The molecular weight excluding hydrogens is 558 g/mol. The molecule has 43 heavy (non-hydrogen) atoms. The molecule has 0 saturated heterocycles. The lowest BCUT2D eigenvalue weighted by atomic mass is 10.1. The van der Waals surface area contributed by atoms with Gasteiger partial charge in [0.25, 0.3) is 0 Å². The molecule has 0 aliphatic rings. The zero-order valence-electron chi connectivity index (χ0n) is 25.4. The Morgan fingerprint density at radius 1 is 1.12 bits per heavy atom. The quantitative estimate of drug-likeness (QED) is 0.0571. The Balaban J connectivity index is 1.64. The summed E-state index contributed by atoms with van der Waals surface area (Å²) in [5.41, 5.74) is 4.00. The number of nitriles is 1. The summed E-state index contributed by atoms with van der Waals surface area (Å²) in [4.78, 5) is 6.52. The molecule has 0 unspecified atom stereocenters. The molecule has 0 amide bonds. The van der Waals surface area contributed by atoms with E-state index in [0.29, 0.717) is 36.0 Å². The summed E-state index contributed by atoms with van der Waals surface area (Å²) < 4.78 is 13.9. The number of nitrogens with one attached hydrogen (secondary N) is 1. The van der Waals surface area contributed by atoms with E-state index in [4.69, 9.17) is 19.9 Å². The number of benzene rings is 3. The molecule has 0 atom stereocenters. The molecular formula is C34H39N5O3S. The number of para-hydroxylation sites is 2. The third kappa shape index (κ3) is 7.47. The van der Waals surface area contributed by atoms with Gasteiger partial charge in [-0.1, -0.05) is 30.9 Å². The molecule has 0 aliphatic carbocycles. The highest BCUT2D eigenvalue weighted by molar-refractivity contribution is 8.32. The Labute approximate surface area is 255 Å². The van der Waals surface area contributed by atoms with Crippen molar-refractivity contribution >= 4 is 38.3 Å². The molecule has 0 aliphatic heterocycles. The van der Waals surface area contributed by atoms with E-state index in [2.05, 4.69) is 31.4 Å². The summed E-state index contributed by atoms with van der Waals surface area (Å²) >= 11 is 0. The smallest absolute Gasteiger partial charge is 0.179 e. The van der Waals surface area contributed by atoms with Gasteiger partial charge < -0.3 is 19.5 Å². The van der Waals surface area contributed by atoms with Crippen molar-refractivity contribution in [2.75, 3.05) is 42.6 Å². The Bertz CT molecular complexity index is 1710. The van der Waals surface area contributed by atoms with Gasteiger partial charge >= 0.3 is 0 Å². The largest absolute Gasteiger partial charge is 0.504 e. The number of amidine groups is 1. The van der Waals surface area contributed by atoms with E-state index in [0.717, 1.165) is 28.0 Å². The molecule has 8 nitrogen and oxygen atoms in total. The molecule has 1 aromatic heterocycles. The molecule has 224 valence electrons. The van der Waals surface area contributed by atoms with Crippen molar-refractivity contribution in [3.05, 3.63) is 102 Å². The zero-order valence-corrected chi connectivity index (χ0v) is 26.2. The van der Waals surface area contributed by atoms with Crippen molar-refractivity contribution in [3.8, 4) is 17.6 Å². The number of nitrogens with zero attached hydrogens (tertiary/aromatic N) is 4. The van der Waals surface area contributed by atoms with Crippen molar-refractivity contribution in [1.82, 2.24) is 9.55 Å². The van der Waals surface area contributed by atoms with Crippen LogP contribution in [0.2, 0.25) is 0 Å². The van der Waals surface area contributed by atoms with Crippen LogP contribution in [0.3, 0.4) is 0 Å². The van der Waals surface area contributed by atoms with Crippen molar-refractivity contribution in [2.45, 2.75) is 20.6 Å². The number of hydrogen-bond acceptors (Lipinski definition) is 6. The van der Waals surface area contributed by atoms with Gasteiger partial charge in [0.05, 0.1) is 34.8 Å². The summed E-state index contributed by atoms with van der Waals surface area (Å²) in [6.07, 6.45) is 8.24. The molecule has 0 radical (unpaired) electrons. The van der Waals surface area contributed by atoms with Crippen LogP contribution in [-0.4, -0.2) is 58.2 Å². The number of likely N-dealkylation sites (N-methyl/N-ethyl adjacent to an activating group) is 1. The van der Waals surface area contributed by atoms with Gasteiger partial charge in [-0.05, 0) is 86.7 Å². The summed E-state index contributed by atoms with van der Waals surface area (Å²) in [5, 5.41) is 29.9. The van der Waals surface area contributed by atoms with Crippen molar-refractivity contribution in [2.24, 2.45) is 0 Å². The fourth-order valence-corrected chi connectivity index (χ4v) is 5.25. The monoisotopic (exact) mass is 597 g/mol. The molecule has 0 saturated carbocycles. The SMILES string of the molecule is C=CC(C(=N)N(CC)c1ccc(Oc2cccc(C#N)c2)cc1C)=C(O)c1nc2ccccc2n1COCCS(C)(C)C. The highest BCUT2D eigenvalue weighted by Gasteiger charge is 2.23. The third-order valence-electron chi connectivity index (χ3n) is 6.89. The zero-order chi connectivity index (χ0) is 31.1. The van der Waals surface area contributed by atoms with E-state index in [-0.39, 0.29) is 23.9 Å². The number of hydrogen-bond donors (Lipinski definition) is 2. The Kier molecular flexibility index (Phi) is 9.96. The van der Waals surface area contributed by atoms with E-state index in [1.807, 2.05) is 60.9 Å². The average molecular weight is 598 g/mol. The summed E-state index contributed by atoms with van der Waals surface area (Å²) in [6, 6.07) is 22.4. The fourth-order valence-electron chi connectivity index (χ4n) is 4.63. The van der Waals surface area contributed by atoms with Gasteiger partial charge in [0.15, 0.2) is 11.6 Å². The van der Waals surface area contributed by atoms with Crippen LogP contribution in [0.15, 0.2) is 85.0 Å². The van der Waals surface area contributed by atoms with Gasteiger partial charge in [0.1, 0.15) is 24.1 Å². The summed E-state index contributed by atoms with van der Waals surface area (Å²) in [7, 11) is -0.702. The molecule has 0 spiro atoms. The molecule has 1 heterocycles. The predicted molar refractivity (Wildman–Crippen MR) is 179 cm³/mol. The maximum absolute atomic E-state index is 11.6. The number of imidazole rings is 1. The molecule has 0 bridgehead atoms. The van der Waals surface area contributed by atoms with Crippen LogP contribution in [0.25, 0.3) is 16.8 Å². The molecule has 3 aromatic carbocycles. The van der Waals surface area contributed by atoms with E-state index in [1.165, 1.54) is 6.08 Å². The van der Waals surface area contributed by atoms with Crippen molar-refractivity contribution < 1.29 is 14.6 Å². The molecule has 2 N–H and O–H groups in total. The topological polar surface area (TPSA) is 107 Å². The molecule has 0 fully saturated rings. The summed E-state index contributed by atoms with van der Waals surface area (Å²) in [6.45, 7) is 9.12. The molecule has 4 rings (SSSR count). The van der Waals surface area contributed by atoms with Crippen molar-refractivity contribution in [1.29, 1.82) is 10.7 Å². The van der Waals surface area contributed by atoms with E-state index in [9.17, 15) is 10.4 Å². The second-order valence-electron chi connectivity index (χ2n) is 10.9. The minimum absolute atomic E-state index is 0.0874. The van der Waals surface area contributed by atoms with Gasteiger partial charge in [0, 0.05) is 18.0 Å². The number of rotatable bonds is 12. The second-order valence-corrected chi connectivity index (χ2v) is 15.5. The molecule has 9 heteroatoms. The minimum Gasteiger partial charge on any atom is -0.504 e. The lowest BCUT2D eigenvalue weighted by molar-refractivity contribution is 0.0912. The maximum atomic E-state index is 11.6. The predicted octanol–water partition coefficient (Wildman–Crippen LogP) is 7.64.